The van der Waals surface area contributed by atoms with Crippen LogP contribution in [0.4, 0.5) is 0 Å². The minimum Gasteiger partial charge on any atom is -0.466 e. The van der Waals surface area contributed by atoms with Gasteiger partial charge < -0.3 is 9.72 Å². The minimum absolute atomic E-state index is 0.125. The fourth-order valence-corrected chi connectivity index (χ4v) is 1.27. The highest BCUT2D eigenvalue weighted by Gasteiger charge is 1.98. The second kappa shape index (κ2) is 5.90. The topological polar surface area (TPSA) is 59.2 Å². The van der Waals surface area contributed by atoms with Crippen molar-refractivity contribution in [2.75, 3.05) is 6.61 Å². The Kier molecular flexibility index (Phi) is 4.51. The lowest BCUT2D eigenvalue weighted by atomic mass is 10.1. The molecule has 1 rings (SSSR count). The van der Waals surface area contributed by atoms with Gasteiger partial charge in [0.05, 0.1) is 13.0 Å². The van der Waals surface area contributed by atoms with Crippen LogP contribution in [0.2, 0.25) is 0 Å². The van der Waals surface area contributed by atoms with Gasteiger partial charge >= 0.3 is 5.97 Å². The number of aromatic nitrogens is 1. The molecular weight excluding hydrogens is 206 g/mol. The van der Waals surface area contributed by atoms with Crippen LogP contribution in [0.3, 0.4) is 0 Å². The third-order valence-electron chi connectivity index (χ3n) is 2.06. The van der Waals surface area contributed by atoms with E-state index in [4.69, 9.17) is 4.74 Å². The molecule has 1 aromatic rings. The molecule has 0 bridgehead atoms. The summed E-state index contributed by atoms with van der Waals surface area (Å²) in [6.45, 7) is 4.01. The standard InChI is InChI=1S/C12H15NO3/c1-3-16-12(15)6-4-5-10-8-13-11(14)7-9(10)2/h4-5,7-8H,3,6H2,1-2H3,(H,13,14). The first-order valence-corrected chi connectivity index (χ1v) is 5.15. The van der Waals surface area contributed by atoms with Crippen molar-refractivity contribution in [2.24, 2.45) is 0 Å². The summed E-state index contributed by atoms with van der Waals surface area (Å²) in [5, 5.41) is 0. The molecule has 0 unspecified atom stereocenters. The first kappa shape index (κ1) is 12.2. The van der Waals surface area contributed by atoms with Gasteiger partial charge in [-0.15, -0.1) is 0 Å². The molecule has 0 fully saturated rings. The van der Waals surface area contributed by atoms with Gasteiger partial charge in [0.15, 0.2) is 0 Å². The number of aromatic amines is 1. The summed E-state index contributed by atoms with van der Waals surface area (Å²) in [7, 11) is 0. The van der Waals surface area contributed by atoms with E-state index in [1.165, 1.54) is 6.07 Å². The van der Waals surface area contributed by atoms with Crippen molar-refractivity contribution in [3.8, 4) is 0 Å². The van der Waals surface area contributed by atoms with E-state index < -0.39 is 0 Å². The van der Waals surface area contributed by atoms with Crippen LogP contribution in [0.1, 0.15) is 24.5 Å². The quantitative estimate of drug-likeness (QED) is 0.786. The highest BCUT2D eigenvalue weighted by Crippen LogP contribution is 2.05. The number of carbonyl (C=O) groups excluding carboxylic acids is 1. The highest BCUT2D eigenvalue weighted by molar-refractivity contribution is 5.72. The number of hydrogen-bond acceptors (Lipinski definition) is 3. The number of rotatable bonds is 4. The van der Waals surface area contributed by atoms with Gasteiger partial charge in [-0.25, -0.2) is 0 Å². The van der Waals surface area contributed by atoms with Gasteiger partial charge in [0.2, 0.25) is 5.56 Å². The molecule has 0 aliphatic carbocycles. The summed E-state index contributed by atoms with van der Waals surface area (Å²) < 4.78 is 4.78. The van der Waals surface area contributed by atoms with E-state index in [9.17, 15) is 9.59 Å². The van der Waals surface area contributed by atoms with Crippen molar-refractivity contribution in [2.45, 2.75) is 20.3 Å². The van der Waals surface area contributed by atoms with Crippen molar-refractivity contribution in [3.05, 3.63) is 39.8 Å². The van der Waals surface area contributed by atoms with Crippen LogP contribution in [-0.4, -0.2) is 17.6 Å². The van der Waals surface area contributed by atoms with Crippen LogP contribution in [0.25, 0.3) is 6.08 Å². The van der Waals surface area contributed by atoms with Crippen LogP contribution in [0.15, 0.2) is 23.1 Å². The van der Waals surface area contributed by atoms with Gasteiger partial charge in [0.25, 0.3) is 0 Å². The van der Waals surface area contributed by atoms with Gasteiger partial charge in [-0.3, -0.25) is 9.59 Å². The minimum atomic E-state index is -0.249. The average Bonchev–Trinajstić information content (AvgIpc) is 2.22. The number of pyridine rings is 1. The number of ether oxygens (including phenoxy) is 1. The fourth-order valence-electron chi connectivity index (χ4n) is 1.27. The molecule has 4 heteroatoms. The van der Waals surface area contributed by atoms with Crippen LogP contribution >= 0.6 is 0 Å². The highest BCUT2D eigenvalue weighted by atomic mass is 16.5. The van der Waals surface area contributed by atoms with Gasteiger partial charge in [-0.1, -0.05) is 12.2 Å². The van der Waals surface area contributed by atoms with Gasteiger partial charge in [0.1, 0.15) is 0 Å². The first-order chi connectivity index (χ1) is 7.63. The second-order valence-electron chi connectivity index (χ2n) is 3.35. The SMILES string of the molecule is CCOC(=O)CC=Cc1c[nH]c(=O)cc1C. The largest absolute Gasteiger partial charge is 0.466 e. The number of hydrogen-bond donors (Lipinski definition) is 1. The molecule has 0 spiro atoms. The summed E-state index contributed by atoms with van der Waals surface area (Å²) in [6.07, 6.45) is 5.38. The molecular formula is C12H15NO3. The Hall–Kier alpha value is -1.84. The fraction of sp³-hybridized carbons (Fsp3) is 0.333. The van der Waals surface area contributed by atoms with Crippen molar-refractivity contribution < 1.29 is 9.53 Å². The van der Waals surface area contributed by atoms with E-state index in [1.54, 1.807) is 25.3 Å². The number of carbonyl (C=O) groups is 1. The third-order valence-corrected chi connectivity index (χ3v) is 2.06. The van der Waals surface area contributed by atoms with E-state index in [1.807, 2.05) is 6.92 Å². The number of aryl methyl sites for hydroxylation is 1. The van der Waals surface area contributed by atoms with E-state index in [0.717, 1.165) is 11.1 Å². The molecule has 0 aliphatic rings. The Morgan fingerprint density at radius 2 is 2.31 bits per heavy atom. The van der Waals surface area contributed by atoms with Crippen LogP contribution in [-0.2, 0) is 9.53 Å². The smallest absolute Gasteiger partial charge is 0.309 e. The summed E-state index contributed by atoms with van der Waals surface area (Å²) in [5.74, 6) is -0.249. The van der Waals surface area contributed by atoms with E-state index in [0.29, 0.717) is 6.61 Å². The molecule has 0 atom stereocenters. The average molecular weight is 221 g/mol. The van der Waals surface area contributed by atoms with Gasteiger partial charge in [0, 0.05) is 12.3 Å². The lowest BCUT2D eigenvalue weighted by molar-refractivity contribution is -0.142. The van der Waals surface area contributed by atoms with Crippen molar-refractivity contribution in [3.63, 3.8) is 0 Å². The number of esters is 1. The molecule has 16 heavy (non-hydrogen) atoms. The molecule has 0 aromatic carbocycles. The predicted molar refractivity (Wildman–Crippen MR) is 62.1 cm³/mol. The summed E-state index contributed by atoms with van der Waals surface area (Å²) >= 11 is 0. The lowest BCUT2D eigenvalue weighted by Gasteiger charge is -1.99. The summed E-state index contributed by atoms with van der Waals surface area (Å²) in [6, 6.07) is 1.52. The zero-order valence-electron chi connectivity index (χ0n) is 9.45. The van der Waals surface area contributed by atoms with Crippen molar-refractivity contribution >= 4 is 12.0 Å². The molecule has 0 saturated heterocycles. The van der Waals surface area contributed by atoms with Gasteiger partial charge in [-0.2, -0.15) is 0 Å². The van der Waals surface area contributed by atoms with Crippen LogP contribution < -0.4 is 5.56 Å². The third kappa shape index (κ3) is 3.73. The molecule has 86 valence electrons. The maximum Gasteiger partial charge on any atom is 0.309 e. The number of H-pyrrole nitrogens is 1. The van der Waals surface area contributed by atoms with Gasteiger partial charge in [-0.05, 0) is 25.0 Å². The molecule has 0 amide bonds. The molecule has 1 heterocycles. The van der Waals surface area contributed by atoms with Crippen LogP contribution in [0.5, 0.6) is 0 Å². The molecule has 1 aromatic heterocycles. The maximum atomic E-state index is 11.0. The second-order valence-corrected chi connectivity index (χ2v) is 3.35. The van der Waals surface area contributed by atoms with Crippen molar-refractivity contribution in [1.29, 1.82) is 0 Å². The lowest BCUT2D eigenvalue weighted by Crippen LogP contribution is -2.04. The normalized spacial score (nSPS) is 10.6. The molecule has 0 aliphatic heterocycles. The molecule has 1 N–H and O–H groups in total. The zero-order chi connectivity index (χ0) is 12.0. The molecule has 0 radical (unpaired) electrons. The van der Waals surface area contributed by atoms with E-state index in [-0.39, 0.29) is 17.9 Å². The predicted octanol–water partition coefficient (Wildman–Crippen LogP) is 1.65. The monoisotopic (exact) mass is 221 g/mol. The number of nitrogens with one attached hydrogen (secondary N) is 1. The Morgan fingerprint density at radius 3 is 2.94 bits per heavy atom. The first-order valence-electron chi connectivity index (χ1n) is 5.15. The van der Waals surface area contributed by atoms with Crippen LogP contribution in [0, 0.1) is 6.92 Å². The Labute approximate surface area is 94.0 Å². The summed E-state index contributed by atoms with van der Waals surface area (Å²) in [5.41, 5.74) is 1.65. The van der Waals surface area contributed by atoms with E-state index >= 15 is 0 Å². The summed E-state index contributed by atoms with van der Waals surface area (Å²) in [4.78, 5) is 24.6. The van der Waals surface area contributed by atoms with E-state index in [2.05, 4.69) is 4.98 Å². The van der Waals surface area contributed by atoms with Crippen molar-refractivity contribution in [1.82, 2.24) is 4.98 Å². The Bertz CT molecular complexity index is 446. The molecule has 4 nitrogen and oxygen atoms in total. The zero-order valence-corrected chi connectivity index (χ0v) is 9.45. The maximum absolute atomic E-state index is 11.0. The molecule has 0 saturated carbocycles. The Morgan fingerprint density at radius 1 is 1.56 bits per heavy atom. The Balaban J connectivity index is 2.63.